The van der Waals surface area contributed by atoms with E-state index in [0.29, 0.717) is 16.3 Å². The number of H-pyrrole nitrogens is 2. The second-order valence-electron chi connectivity index (χ2n) is 5.15. The molecule has 0 aliphatic carbocycles. The number of benzene rings is 2. The molecular formula is C16H11Cl3N4O2. The minimum Gasteiger partial charge on any atom is -0.399 e. The molecule has 0 bridgehead atoms. The van der Waals surface area contributed by atoms with E-state index in [4.69, 9.17) is 40.5 Å². The molecule has 0 aliphatic rings. The number of hydrogen-bond acceptors (Lipinski definition) is 3. The van der Waals surface area contributed by atoms with Gasteiger partial charge in [0.05, 0.1) is 15.6 Å². The van der Waals surface area contributed by atoms with Crippen LogP contribution in [-0.4, -0.2) is 16.1 Å². The second-order valence-corrected chi connectivity index (χ2v) is 6.40. The molecule has 0 fully saturated rings. The van der Waals surface area contributed by atoms with E-state index in [9.17, 15) is 9.59 Å². The first-order valence-corrected chi connectivity index (χ1v) is 8.12. The first-order valence-electron chi connectivity index (χ1n) is 6.99. The number of nitrogens with two attached hydrogens (primary N) is 1. The van der Waals surface area contributed by atoms with Crippen LogP contribution >= 0.6 is 34.8 Å². The fourth-order valence-electron chi connectivity index (χ4n) is 2.34. The van der Waals surface area contributed by atoms with Crippen molar-refractivity contribution in [2.75, 3.05) is 11.1 Å². The van der Waals surface area contributed by atoms with E-state index in [-0.39, 0.29) is 27.0 Å². The largest absolute Gasteiger partial charge is 0.399 e. The zero-order valence-electron chi connectivity index (χ0n) is 12.5. The van der Waals surface area contributed by atoms with E-state index < -0.39 is 11.5 Å². The monoisotopic (exact) mass is 396 g/mol. The van der Waals surface area contributed by atoms with Crippen molar-refractivity contribution in [1.82, 2.24) is 10.2 Å². The molecule has 0 saturated heterocycles. The molecule has 0 unspecified atom stereocenters. The quantitative estimate of drug-likeness (QED) is 0.499. The van der Waals surface area contributed by atoms with Crippen molar-refractivity contribution in [2.24, 2.45) is 0 Å². The number of amides is 1. The molecule has 0 saturated carbocycles. The van der Waals surface area contributed by atoms with Gasteiger partial charge in [-0.2, -0.15) is 0 Å². The standard InChI is InChI=1S/C16H11Cl3N4O2/c17-8-5-10(18)12(11(19)6-8)13-14(22-23-16(13)25)21-15(24)7-2-1-3-9(20)4-7/h1-6H,20H2,(H3,21,22,23,24,25). The lowest BCUT2D eigenvalue weighted by Gasteiger charge is -2.09. The molecule has 0 radical (unpaired) electrons. The summed E-state index contributed by atoms with van der Waals surface area (Å²) < 4.78 is 0. The second kappa shape index (κ2) is 6.84. The smallest absolute Gasteiger partial charge is 0.274 e. The van der Waals surface area contributed by atoms with Crippen LogP contribution in [0.4, 0.5) is 11.5 Å². The molecule has 3 aromatic rings. The summed E-state index contributed by atoms with van der Waals surface area (Å²) in [5.74, 6) is -0.325. The van der Waals surface area contributed by atoms with Crippen LogP contribution in [0.3, 0.4) is 0 Å². The molecule has 0 atom stereocenters. The number of aromatic amines is 2. The molecule has 0 spiro atoms. The third-order valence-electron chi connectivity index (χ3n) is 3.42. The fourth-order valence-corrected chi connectivity index (χ4v) is 3.34. The molecule has 9 heteroatoms. The molecule has 0 aliphatic heterocycles. The highest BCUT2D eigenvalue weighted by Crippen LogP contribution is 2.38. The fraction of sp³-hybridized carbons (Fsp3) is 0. The number of rotatable bonds is 3. The van der Waals surface area contributed by atoms with E-state index >= 15 is 0 Å². The topological polar surface area (TPSA) is 104 Å². The van der Waals surface area contributed by atoms with Gasteiger partial charge in [0.1, 0.15) is 5.82 Å². The van der Waals surface area contributed by atoms with Gasteiger partial charge in [-0.15, -0.1) is 0 Å². The minimum absolute atomic E-state index is 0.101. The summed E-state index contributed by atoms with van der Waals surface area (Å²) in [5.41, 5.74) is 6.33. The maximum Gasteiger partial charge on any atom is 0.274 e. The molecule has 1 amide bonds. The van der Waals surface area contributed by atoms with Crippen LogP contribution in [0.25, 0.3) is 11.1 Å². The Morgan fingerprint density at radius 3 is 2.32 bits per heavy atom. The van der Waals surface area contributed by atoms with Crippen LogP contribution in [-0.2, 0) is 0 Å². The molecule has 25 heavy (non-hydrogen) atoms. The molecule has 1 aromatic heterocycles. The van der Waals surface area contributed by atoms with Gasteiger partial charge in [0.15, 0.2) is 0 Å². The molecule has 3 rings (SSSR count). The zero-order chi connectivity index (χ0) is 18.1. The lowest BCUT2D eigenvalue weighted by atomic mass is 10.1. The predicted octanol–water partition coefficient (Wildman–Crippen LogP) is 4.16. The van der Waals surface area contributed by atoms with Crippen molar-refractivity contribution < 1.29 is 4.79 Å². The van der Waals surface area contributed by atoms with E-state index in [2.05, 4.69) is 15.5 Å². The van der Waals surface area contributed by atoms with Crippen molar-refractivity contribution in [3.63, 3.8) is 0 Å². The van der Waals surface area contributed by atoms with E-state index in [1.54, 1.807) is 18.2 Å². The van der Waals surface area contributed by atoms with Crippen LogP contribution in [0.1, 0.15) is 10.4 Å². The Morgan fingerprint density at radius 1 is 1.00 bits per heavy atom. The Labute approximate surface area is 156 Å². The molecular weight excluding hydrogens is 387 g/mol. The van der Waals surface area contributed by atoms with Gasteiger partial charge in [-0.1, -0.05) is 40.9 Å². The number of aromatic nitrogens is 2. The van der Waals surface area contributed by atoms with E-state index in [0.717, 1.165) is 0 Å². The molecule has 5 N–H and O–H groups in total. The lowest BCUT2D eigenvalue weighted by Crippen LogP contribution is -2.14. The number of nitrogens with one attached hydrogen (secondary N) is 3. The van der Waals surface area contributed by atoms with Gasteiger partial charge in [0.2, 0.25) is 0 Å². The molecule has 2 aromatic carbocycles. The summed E-state index contributed by atoms with van der Waals surface area (Å²) in [5, 5.41) is 8.31. The zero-order valence-corrected chi connectivity index (χ0v) is 14.8. The number of nitrogen functional groups attached to an aromatic ring is 1. The molecule has 128 valence electrons. The summed E-state index contributed by atoms with van der Waals surface area (Å²) in [6.07, 6.45) is 0. The SMILES string of the molecule is Nc1cccc(C(=O)Nc2[nH][nH]c(=O)c2-c2c(Cl)cc(Cl)cc2Cl)c1. The van der Waals surface area contributed by atoms with Crippen LogP contribution in [0.5, 0.6) is 0 Å². The third kappa shape index (κ3) is 3.51. The average Bonchev–Trinajstić information content (AvgIpc) is 2.87. The highest BCUT2D eigenvalue weighted by Gasteiger charge is 2.21. The summed E-state index contributed by atoms with van der Waals surface area (Å²) in [6.45, 7) is 0. The Kier molecular flexibility index (Phi) is 4.76. The van der Waals surface area contributed by atoms with Crippen LogP contribution in [0.2, 0.25) is 15.1 Å². The summed E-state index contributed by atoms with van der Waals surface area (Å²) >= 11 is 18.3. The molecule has 6 nitrogen and oxygen atoms in total. The summed E-state index contributed by atoms with van der Waals surface area (Å²) in [4.78, 5) is 24.6. The minimum atomic E-state index is -0.492. The normalized spacial score (nSPS) is 10.7. The van der Waals surface area contributed by atoms with Gasteiger partial charge < -0.3 is 11.1 Å². The van der Waals surface area contributed by atoms with Crippen molar-refractivity contribution in [3.05, 3.63) is 67.4 Å². The predicted molar refractivity (Wildman–Crippen MR) is 101 cm³/mol. The third-order valence-corrected chi connectivity index (χ3v) is 4.24. The number of carbonyl (C=O) groups excluding carboxylic acids is 1. The van der Waals surface area contributed by atoms with E-state index in [1.165, 1.54) is 18.2 Å². The summed E-state index contributed by atoms with van der Waals surface area (Å²) in [6, 6.07) is 9.34. The summed E-state index contributed by atoms with van der Waals surface area (Å²) in [7, 11) is 0. The van der Waals surface area contributed by atoms with Crippen molar-refractivity contribution >= 4 is 52.2 Å². The number of hydrogen-bond donors (Lipinski definition) is 4. The maximum absolute atomic E-state index is 12.4. The van der Waals surface area contributed by atoms with Crippen LogP contribution in [0.15, 0.2) is 41.2 Å². The van der Waals surface area contributed by atoms with Crippen molar-refractivity contribution in [1.29, 1.82) is 0 Å². The number of halogens is 3. The highest BCUT2D eigenvalue weighted by molar-refractivity contribution is 6.42. The number of carbonyl (C=O) groups is 1. The Bertz CT molecular complexity index is 1000. The van der Waals surface area contributed by atoms with Gasteiger partial charge in [-0.05, 0) is 30.3 Å². The van der Waals surface area contributed by atoms with Gasteiger partial charge >= 0.3 is 0 Å². The Morgan fingerprint density at radius 2 is 1.68 bits per heavy atom. The van der Waals surface area contributed by atoms with Gasteiger partial charge in [-0.3, -0.25) is 19.8 Å². The van der Waals surface area contributed by atoms with Gasteiger partial charge in [0.25, 0.3) is 11.5 Å². The van der Waals surface area contributed by atoms with Gasteiger partial charge in [-0.25, -0.2) is 0 Å². The van der Waals surface area contributed by atoms with Crippen LogP contribution < -0.4 is 16.6 Å². The maximum atomic E-state index is 12.4. The Hall–Kier alpha value is -2.41. The van der Waals surface area contributed by atoms with Gasteiger partial charge in [0, 0.05) is 21.8 Å². The lowest BCUT2D eigenvalue weighted by molar-refractivity contribution is 0.102. The molecule has 1 heterocycles. The number of anilines is 2. The van der Waals surface area contributed by atoms with E-state index in [1.807, 2.05) is 0 Å². The van der Waals surface area contributed by atoms with Crippen molar-refractivity contribution in [3.8, 4) is 11.1 Å². The Balaban J connectivity index is 2.04. The first-order chi connectivity index (χ1) is 11.9. The van der Waals surface area contributed by atoms with Crippen LogP contribution in [0, 0.1) is 0 Å². The first kappa shape index (κ1) is 17.4. The van der Waals surface area contributed by atoms with Crippen molar-refractivity contribution in [2.45, 2.75) is 0 Å². The average molecular weight is 398 g/mol. The highest BCUT2D eigenvalue weighted by atomic mass is 35.5.